The molecule has 5 heteroatoms. The van der Waals surface area contributed by atoms with E-state index in [-0.39, 0.29) is 18.8 Å². The number of rotatable bonds is 8. The molecule has 5 nitrogen and oxygen atoms in total. The van der Waals surface area contributed by atoms with Crippen molar-refractivity contribution in [2.24, 2.45) is 0 Å². The zero-order valence-corrected chi connectivity index (χ0v) is 11.8. The summed E-state index contributed by atoms with van der Waals surface area (Å²) in [6.45, 7) is 0.753. The molecule has 0 spiro atoms. The Morgan fingerprint density at radius 3 is 2.70 bits per heavy atom. The maximum absolute atomic E-state index is 9.92. The maximum Gasteiger partial charge on any atom is 0.123 e. The van der Waals surface area contributed by atoms with Crippen LogP contribution in [0.1, 0.15) is 19.3 Å². The Balaban J connectivity index is 1.73. The van der Waals surface area contributed by atoms with Crippen LogP contribution in [0.25, 0.3) is 0 Å². The van der Waals surface area contributed by atoms with Crippen molar-refractivity contribution in [3.8, 4) is 11.5 Å². The third-order valence-corrected chi connectivity index (χ3v) is 3.81. The van der Waals surface area contributed by atoms with E-state index in [1.165, 1.54) is 0 Å². The lowest BCUT2D eigenvalue weighted by Crippen LogP contribution is -2.56. The fourth-order valence-electron chi connectivity index (χ4n) is 2.27. The fourth-order valence-corrected chi connectivity index (χ4v) is 2.27. The molecule has 0 heterocycles. The molecule has 1 unspecified atom stereocenters. The van der Waals surface area contributed by atoms with Gasteiger partial charge in [-0.15, -0.1) is 0 Å². The van der Waals surface area contributed by atoms with Gasteiger partial charge in [0.25, 0.3) is 0 Å². The van der Waals surface area contributed by atoms with Crippen molar-refractivity contribution >= 4 is 0 Å². The number of aliphatic hydroxyl groups excluding tert-OH is 2. The van der Waals surface area contributed by atoms with Crippen molar-refractivity contribution in [2.45, 2.75) is 30.9 Å². The minimum absolute atomic E-state index is 0.121. The van der Waals surface area contributed by atoms with Crippen LogP contribution in [0.3, 0.4) is 0 Å². The highest BCUT2D eigenvalue weighted by Crippen LogP contribution is 2.30. The molecule has 1 aliphatic carbocycles. The first-order chi connectivity index (χ1) is 9.67. The van der Waals surface area contributed by atoms with Crippen LogP contribution in [0.15, 0.2) is 24.3 Å². The van der Waals surface area contributed by atoms with Crippen LogP contribution in [0.5, 0.6) is 11.5 Å². The highest BCUT2D eigenvalue weighted by molar-refractivity contribution is 5.32. The summed E-state index contributed by atoms with van der Waals surface area (Å²) >= 11 is 0. The van der Waals surface area contributed by atoms with Gasteiger partial charge in [0, 0.05) is 18.2 Å². The minimum atomic E-state index is -0.606. The van der Waals surface area contributed by atoms with E-state index < -0.39 is 6.10 Å². The molecule has 0 aromatic heterocycles. The summed E-state index contributed by atoms with van der Waals surface area (Å²) < 4.78 is 10.6. The molecule has 0 radical (unpaired) electrons. The van der Waals surface area contributed by atoms with Crippen LogP contribution in [0.4, 0.5) is 0 Å². The second-order valence-corrected chi connectivity index (χ2v) is 5.32. The first kappa shape index (κ1) is 15.1. The molecule has 1 aromatic rings. The number of benzene rings is 1. The van der Waals surface area contributed by atoms with Crippen molar-refractivity contribution in [1.29, 1.82) is 0 Å². The molecule has 0 bridgehead atoms. The summed E-state index contributed by atoms with van der Waals surface area (Å²) in [4.78, 5) is 0. The number of hydrogen-bond acceptors (Lipinski definition) is 5. The van der Waals surface area contributed by atoms with Crippen molar-refractivity contribution in [1.82, 2.24) is 5.32 Å². The van der Waals surface area contributed by atoms with Gasteiger partial charge < -0.3 is 25.0 Å². The van der Waals surface area contributed by atoms with Gasteiger partial charge in [0.15, 0.2) is 0 Å². The first-order valence-corrected chi connectivity index (χ1v) is 6.98. The SMILES string of the molecule is COc1cccc(OCC(O)CNC2(CO)CCC2)c1. The van der Waals surface area contributed by atoms with E-state index >= 15 is 0 Å². The number of ether oxygens (including phenoxy) is 2. The Kier molecular flexibility index (Phi) is 5.23. The Morgan fingerprint density at radius 1 is 1.35 bits per heavy atom. The highest BCUT2D eigenvalue weighted by Gasteiger charge is 2.35. The van der Waals surface area contributed by atoms with Gasteiger partial charge in [0.05, 0.1) is 13.7 Å². The maximum atomic E-state index is 9.92. The van der Waals surface area contributed by atoms with E-state index in [2.05, 4.69) is 5.32 Å². The normalized spacial score (nSPS) is 18.1. The molecule has 1 saturated carbocycles. The summed E-state index contributed by atoms with van der Waals surface area (Å²) in [6.07, 6.45) is 2.45. The Bertz CT molecular complexity index is 415. The summed E-state index contributed by atoms with van der Waals surface area (Å²) in [6, 6.07) is 7.28. The van der Waals surface area contributed by atoms with Gasteiger partial charge in [-0.05, 0) is 31.4 Å². The van der Waals surface area contributed by atoms with Crippen molar-refractivity contribution in [3.63, 3.8) is 0 Å². The van der Waals surface area contributed by atoms with E-state index in [9.17, 15) is 10.2 Å². The lowest BCUT2D eigenvalue weighted by Gasteiger charge is -2.41. The van der Waals surface area contributed by atoms with Gasteiger partial charge >= 0.3 is 0 Å². The summed E-state index contributed by atoms with van der Waals surface area (Å²) in [5.41, 5.74) is -0.184. The molecule has 112 valence electrons. The van der Waals surface area contributed by atoms with Gasteiger partial charge in [-0.25, -0.2) is 0 Å². The molecular formula is C15H23NO4. The van der Waals surface area contributed by atoms with Crippen LogP contribution >= 0.6 is 0 Å². The molecule has 1 aromatic carbocycles. The van der Waals surface area contributed by atoms with Gasteiger partial charge in [-0.3, -0.25) is 0 Å². The van der Waals surface area contributed by atoms with Crippen LogP contribution in [0.2, 0.25) is 0 Å². The van der Waals surface area contributed by atoms with E-state index in [4.69, 9.17) is 9.47 Å². The molecule has 0 saturated heterocycles. The van der Waals surface area contributed by atoms with Gasteiger partial charge in [0.2, 0.25) is 0 Å². The smallest absolute Gasteiger partial charge is 0.123 e. The topological polar surface area (TPSA) is 71.0 Å². The van der Waals surface area contributed by atoms with Crippen LogP contribution < -0.4 is 14.8 Å². The minimum Gasteiger partial charge on any atom is -0.497 e. The second-order valence-electron chi connectivity index (χ2n) is 5.32. The molecule has 3 N–H and O–H groups in total. The van der Waals surface area contributed by atoms with Gasteiger partial charge in [0.1, 0.15) is 24.2 Å². The third kappa shape index (κ3) is 3.85. The predicted octanol–water partition coefficient (Wildman–Crippen LogP) is 0.939. The van der Waals surface area contributed by atoms with Crippen molar-refractivity contribution in [2.75, 3.05) is 26.9 Å². The molecule has 1 fully saturated rings. The van der Waals surface area contributed by atoms with Gasteiger partial charge in [-0.2, -0.15) is 0 Å². The summed E-state index contributed by atoms with van der Waals surface area (Å²) in [7, 11) is 1.60. The Hall–Kier alpha value is -1.30. The average molecular weight is 281 g/mol. The molecule has 0 amide bonds. The molecule has 1 atom stereocenters. The van der Waals surface area contributed by atoms with Gasteiger partial charge in [-0.1, -0.05) is 6.07 Å². The molecular weight excluding hydrogens is 258 g/mol. The molecule has 0 aliphatic heterocycles. The van der Waals surface area contributed by atoms with E-state index in [0.717, 1.165) is 25.0 Å². The predicted molar refractivity (Wildman–Crippen MR) is 76.2 cm³/mol. The largest absolute Gasteiger partial charge is 0.497 e. The highest BCUT2D eigenvalue weighted by atomic mass is 16.5. The number of nitrogens with one attached hydrogen (secondary N) is 1. The van der Waals surface area contributed by atoms with E-state index in [0.29, 0.717) is 12.3 Å². The number of β-amino-alcohol motifs (C(OH)–C–C–N with tert-alkyl or cyclic N) is 1. The average Bonchev–Trinajstić information content (AvgIpc) is 2.44. The van der Waals surface area contributed by atoms with E-state index in [1.807, 2.05) is 18.2 Å². The first-order valence-electron chi connectivity index (χ1n) is 6.98. The lowest BCUT2D eigenvalue weighted by molar-refractivity contribution is 0.0539. The quantitative estimate of drug-likeness (QED) is 0.661. The fraction of sp³-hybridized carbons (Fsp3) is 0.600. The monoisotopic (exact) mass is 281 g/mol. The van der Waals surface area contributed by atoms with Crippen LogP contribution in [-0.2, 0) is 0 Å². The van der Waals surface area contributed by atoms with Crippen molar-refractivity contribution in [3.05, 3.63) is 24.3 Å². The Morgan fingerprint density at radius 2 is 2.10 bits per heavy atom. The van der Waals surface area contributed by atoms with Crippen LogP contribution in [0, 0.1) is 0 Å². The number of aliphatic hydroxyl groups is 2. The zero-order valence-electron chi connectivity index (χ0n) is 11.8. The number of hydrogen-bond donors (Lipinski definition) is 3. The second kappa shape index (κ2) is 6.92. The molecule has 1 aliphatic rings. The van der Waals surface area contributed by atoms with Crippen molar-refractivity contribution < 1.29 is 19.7 Å². The third-order valence-electron chi connectivity index (χ3n) is 3.81. The molecule has 2 rings (SSSR count). The molecule has 20 heavy (non-hydrogen) atoms. The standard InChI is InChI=1S/C15H23NO4/c1-19-13-4-2-5-14(8-13)20-10-12(18)9-16-15(11-17)6-3-7-15/h2,4-5,8,12,16-18H,3,6-7,9-11H2,1H3. The lowest BCUT2D eigenvalue weighted by atomic mass is 9.77. The summed E-state index contributed by atoms with van der Waals surface area (Å²) in [5.74, 6) is 1.40. The Labute approximate surface area is 119 Å². The van der Waals surface area contributed by atoms with Crippen LogP contribution in [-0.4, -0.2) is 48.7 Å². The zero-order chi connectivity index (χ0) is 14.4. The summed E-state index contributed by atoms with van der Waals surface area (Å²) in [5, 5.41) is 22.5. The van der Waals surface area contributed by atoms with E-state index in [1.54, 1.807) is 13.2 Å². The number of methoxy groups -OCH3 is 1.